The zero-order valence-electron chi connectivity index (χ0n) is 12.5. The molecule has 0 spiro atoms. The molecule has 0 atom stereocenters. The van der Waals surface area contributed by atoms with E-state index in [1.165, 1.54) is 0 Å². The van der Waals surface area contributed by atoms with Gasteiger partial charge in [0.25, 0.3) is 0 Å². The lowest BCUT2D eigenvalue weighted by Crippen LogP contribution is -2.30. The van der Waals surface area contributed by atoms with E-state index in [2.05, 4.69) is 5.10 Å². The Hall–Kier alpha value is -2.31. The standard InChI is InChI=1S/C15H16F3N3O/c1-9-4-6-12(7-5-9)8-21-11(3)13(10(2)20-21)19-14(22)15(16,17)18/h4-7H,8H2,1-3H3,(H,19,22). The zero-order valence-corrected chi connectivity index (χ0v) is 12.5. The summed E-state index contributed by atoms with van der Waals surface area (Å²) in [6.07, 6.45) is -4.92. The van der Waals surface area contributed by atoms with Gasteiger partial charge in [0.15, 0.2) is 0 Å². The lowest BCUT2D eigenvalue weighted by Gasteiger charge is -2.09. The SMILES string of the molecule is Cc1ccc(Cn2nc(C)c(NC(=O)C(F)(F)F)c2C)cc1. The van der Waals surface area contributed by atoms with Crippen molar-refractivity contribution in [2.45, 2.75) is 33.5 Å². The molecule has 0 radical (unpaired) electrons. The average molecular weight is 311 g/mol. The van der Waals surface area contributed by atoms with Crippen LogP contribution in [0.3, 0.4) is 0 Å². The van der Waals surface area contributed by atoms with Crippen LogP contribution in [-0.4, -0.2) is 21.9 Å². The topological polar surface area (TPSA) is 46.9 Å². The molecule has 0 bridgehead atoms. The van der Waals surface area contributed by atoms with Crippen LogP contribution >= 0.6 is 0 Å². The van der Waals surface area contributed by atoms with E-state index in [9.17, 15) is 18.0 Å². The third-order valence-electron chi connectivity index (χ3n) is 3.33. The van der Waals surface area contributed by atoms with Gasteiger partial charge in [0, 0.05) is 0 Å². The second-order valence-electron chi connectivity index (χ2n) is 5.14. The highest BCUT2D eigenvalue weighted by Crippen LogP contribution is 2.24. The van der Waals surface area contributed by atoms with Gasteiger partial charge in [-0.05, 0) is 26.3 Å². The van der Waals surface area contributed by atoms with Crippen LogP contribution in [-0.2, 0) is 11.3 Å². The summed E-state index contributed by atoms with van der Waals surface area (Å²) in [5.41, 5.74) is 3.03. The fourth-order valence-electron chi connectivity index (χ4n) is 2.08. The highest BCUT2D eigenvalue weighted by molar-refractivity contribution is 5.95. The molecule has 1 N–H and O–H groups in total. The molecule has 22 heavy (non-hydrogen) atoms. The summed E-state index contributed by atoms with van der Waals surface area (Å²) >= 11 is 0. The monoisotopic (exact) mass is 311 g/mol. The first kappa shape index (κ1) is 16.1. The lowest BCUT2D eigenvalue weighted by atomic mass is 10.1. The van der Waals surface area contributed by atoms with E-state index in [0.29, 0.717) is 17.9 Å². The number of aryl methyl sites for hydroxylation is 2. The normalized spacial score (nSPS) is 11.5. The molecule has 2 aromatic rings. The second kappa shape index (κ2) is 5.82. The number of halogens is 3. The first-order valence-electron chi connectivity index (χ1n) is 6.66. The van der Waals surface area contributed by atoms with Crippen molar-refractivity contribution in [3.63, 3.8) is 0 Å². The number of aromatic nitrogens is 2. The first-order valence-corrected chi connectivity index (χ1v) is 6.66. The van der Waals surface area contributed by atoms with Crippen molar-refractivity contribution in [1.29, 1.82) is 0 Å². The predicted octanol–water partition coefficient (Wildman–Crippen LogP) is 3.36. The fraction of sp³-hybridized carbons (Fsp3) is 0.333. The van der Waals surface area contributed by atoms with Crippen LogP contribution < -0.4 is 5.32 Å². The minimum Gasteiger partial charge on any atom is -0.315 e. The Morgan fingerprint density at radius 3 is 2.32 bits per heavy atom. The molecule has 118 valence electrons. The van der Waals surface area contributed by atoms with Crippen LogP contribution in [0.5, 0.6) is 0 Å². The highest BCUT2D eigenvalue weighted by Gasteiger charge is 2.39. The minimum absolute atomic E-state index is 0.106. The number of carbonyl (C=O) groups excluding carboxylic acids is 1. The van der Waals surface area contributed by atoms with E-state index in [0.717, 1.165) is 11.1 Å². The summed E-state index contributed by atoms with van der Waals surface area (Å²) in [7, 11) is 0. The first-order chi connectivity index (χ1) is 10.2. The van der Waals surface area contributed by atoms with Gasteiger partial charge in [0.05, 0.1) is 23.6 Å². The average Bonchev–Trinajstić information content (AvgIpc) is 2.68. The molecule has 1 heterocycles. The lowest BCUT2D eigenvalue weighted by molar-refractivity contribution is -0.167. The molecule has 0 fully saturated rings. The van der Waals surface area contributed by atoms with E-state index in [1.807, 2.05) is 36.5 Å². The van der Waals surface area contributed by atoms with Gasteiger partial charge in [0.2, 0.25) is 0 Å². The highest BCUT2D eigenvalue weighted by atomic mass is 19.4. The van der Waals surface area contributed by atoms with Gasteiger partial charge in [-0.25, -0.2) is 0 Å². The van der Waals surface area contributed by atoms with Gasteiger partial charge in [-0.15, -0.1) is 0 Å². The molecule has 1 aromatic heterocycles. The molecule has 1 aromatic carbocycles. The van der Waals surface area contributed by atoms with Crippen molar-refractivity contribution in [2.24, 2.45) is 0 Å². The summed E-state index contributed by atoms with van der Waals surface area (Å²) in [6.45, 7) is 5.58. The van der Waals surface area contributed by atoms with Gasteiger partial charge in [-0.2, -0.15) is 18.3 Å². The third kappa shape index (κ3) is 3.47. The summed E-state index contributed by atoms with van der Waals surface area (Å²) in [6, 6.07) is 7.76. The van der Waals surface area contributed by atoms with Crippen molar-refractivity contribution >= 4 is 11.6 Å². The van der Waals surface area contributed by atoms with Gasteiger partial charge in [-0.3, -0.25) is 9.48 Å². The number of anilines is 1. The van der Waals surface area contributed by atoms with Gasteiger partial charge in [0.1, 0.15) is 0 Å². The van der Waals surface area contributed by atoms with Crippen molar-refractivity contribution in [3.8, 4) is 0 Å². The quantitative estimate of drug-likeness (QED) is 0.945. The van der Waals surface area contributed by atoms with E-state index in [4.69, 9.17) is 0 Å². The number of nitrogens with one attached hydrogen (secondary N) is 1. The van der Waals surface area contributed by atoms with Gasteiger partial charge < -0.3 is 5.32 Å². The number of rotatable bonds is 3. The minimum atomic E-state index is -4.92. The Labute approximate surface area is 125 Å². The number of benzene rings is 1. The number of hydrogen-bond donors (Lipinski definition) is 1. The molecule has 0 saturated heterocycles. The van der Waals surface area contributed by atoms with Crippen LogP contribution in [0.1, 0.15) is 22.5 Å². The predicted molar refractivity (Wildman–Crippen MR) is 76.7 cm³/mol. The Bertz CT molecular complexity index is 687. The molecule has 2 rings (SSSR count). The Kier molecular flexibility index (Phi) is 4.25. The summed E-state index contributed by atoms with van der Waals surface area (Å²) in [5, 5.41) is 6.08. The molecule has 0 aliphatic heterocycles. The number of alkyl halides is 3. The Morgan fingerprint density at radius 2 is 1.77 bits per heavy atom. The van der Waals surface area contributed by atoms with Crippen molar-refractivity contribution in [3.05, 3.63) is 46.8 Å². The van der Waals surface area contributed by atoms with Crippen molar-refractivity contribution in [1.82, 2.24) is 9.78 Å². The summed E-state index contributed by atoms with van der Waals surface area (Å²) in [4.78, 5) is 11.1. The summed E-state index contributed by atoms with van der Waals surface area (Å²) in [5.74, 6) is -1.99. The number of nitrogens with zero attached hydrogens (tertiary/aromatic N) is 2. The number of carbonyl (C=O) groups is 1. The van der Waals surface area contributed by atoms with Crippen LogP contribution in [0.15, 0.2) is 24.3 Å². The number of amides is 1. The van der Waals surface area contributed by atoms with E-state index in [-0.39, 0.29) is 5.69 Å². The molecule has 1 amide bonds. The molecule has 0 aliphatic rings. The Morgan fingerprint density at radius 1 is 1.18 bits per heavy atom. The van der Waals surface area contributed by atoms with E-state index < -0.39 is 12.1 Å². The maximum absolute atomic E-state index is 12.4. The molecule has 0 unspecified atom stereocenters. The molecule has 0 saturated carbocycles. The zero-order chi connectivity index (χ0) is 16.5. The smallest absolute Gasteiger partial charge is 0.315 e. The molecule has 4 nitrogen and oxygen atoms in total. The summed E-state index contributed by atoms with van der Waals surface area (Å²) < 4.78 is 38.6. The third-order valence-corrected chi connectivity index (χ3v) is 3.33. The molecular formula is C15H16F3N3O. The van der Waals surface area contributed by atoms with Crippen LogP contribution in [0.2, 0.25) is 0 Å². The Balaban J connectivity index is 2.23. The van der Waals surface area contributed by atoms with Crippen LogP contribution in [0, 0.1) is 20.8 Å². The van der Waals surface area contributed by atoms with Crippen molar-refractivity contribution in [2.75, 3.05) is 5.32 Å². The maximum Gasteiger partial charge on any atom is 0.471 e. The van der Waals surface area contributed by atoms with Crippen LogP contribution in [0.4, 0.5) is 18.9 Å². The fourth-order valence-corrected chi connectivity index (χ4v) is 2.08. The van der Waals surface area contributed by atoms with E-state index in [1.54, 1.807) is 18.5 Å². The van der Waals surface area contributed by atoms with Crippen molar-refractivity contribution < 1.29 is 18.0 Å². The molecule has 0 aliphatic carbocycles. The largest absolute Gasteiger partial charge is 0.471 e. The number of hydrogen-bond acceptors (Lipinski definition) is 2. The van der Waals surface area contributed by atoms with Gasteiger partial charge >= 0.3 is 12.1 Å². The second-order valence-corrected chi connectivity index (χ2v) is 5.14. The maximum atomic E-state index is 12.4. The van der Waals surface area contributed by atoms with E-state index >= 15 is 0 Å². The molecule has 7 heteroatoms. The van der Waals surface area contributed by atoms with Crippen LogP contribution in [0.25, 0.3) is 0 Å². The molecular weight excluding hydrogens is 295 g/mol. The van der Waals surface area contributed by atoms with Gasteiger partial charge in [-0.1, -0.05) is 29.8 Å².